The lowest BCUT2D eigenvalue weighted by atomic mass is 10.0. The molecule has 0 bridgehead atoms. The molecule has 1 aliphatic rings. The first-order valence-corrected chi connectivity index (χ1v) is 10.6. The molecule has 0 radical (unpaired) electrons. The highest BCUT2D eigenvalue weighted by atomic mass is 32.2. The van der Waals surface area contributed by atoms with Crippen molar-refractivity contribution < 1.29 is 12.9 Å². The van der Waals surface area contributed by atoms with Gasteiger partial charge in [0.05, 0.1) is 10.6 Å². The number of benzene rings is 2. The van der Waals surface area contributed by atoms with Gasteiger partial charge in [-0.2, -0.15) is 0 Å². The van der Waals surface area contributed by atoms with E-state index in [1.807, 2.05) is 24.3 Å². The number of aromatic nitrogens is 1. The molecule has 1 fully saturated rings. The molecule has 2 aromatic carbocycles. The summed E-state index contributed by atoms with van der Waals surface area (Å²) in [5.41, 5.74) is 4.18. The van der Waals surface area contributed by atoms with Gasteiger partial charge in [-0.25, -0.2) is 13.1 Å². The molecule has 1 aliphatic carbocycles. The molecule has 0 amide bonds. The van der Waals surface area contributed by atoms with Crippen LogP contribution in [0.3, 0.4) is 0 Å². The van der Waals surface area contributed by atoms with Gasteiger partial charge in [0.25, 0.3) is 10.0 Å². The number of sulfonamides is 1. The van der Waals surface area contributed by atoms with Crippen LogP contribution in [0.2, 0.25) is 0 Å². The first-order chi connectivity index (χ1) is 12.9. The zero-order valence-electron chi connectivity index (χ0n) is 15.4. The van der Waals surface area contributed by atoms with E-state index in [-0.39, 0.29) is 10.8 Å². The summed E-state index contributed by atoms with van der Waals surface area (Å²) in [5.74, 6) is 0.975. The molecule has 1 aromatic heterocycles. The second-order valence-corrected chi connectivity index (χ2v) is 8.82. The number of nitrogens with zero attached hydrogens (tertiary/aromatic N) is 1. The maximum atomic E-state index is 13.0. The molecule has 140 valence electrons. The molecule has 0 unspecified atom stereocenters. The Bertz CT molecular complexity index is 1070. The van der Waals surface area contributed by atoms with Crippen LogP contribution in [0, 0.1) is 19.8 Å². The number of anilines is 1. The number of hydrogen-bond donors (Lipinski definition) is 1. The van der Waals surface area contributed by atoms with Crippen molar-refractivity contribution in [2.45, 2.75) is 38.0 Å². The van der Waals surface area contributed by atoms with Gasteiger partial charge in [-0.3, -0.25) is 0 Å². The second-order valence-electron chi connectivity index (χ2n) is 7.17. The summed E-state index contributed by atoms with van der Waals surface area (Å²) in [6.07, 6.45) is 3.73. The molecule has 1 saturated carbocycles. The van der Waals surface area contributed by atoms with Crippen molar-refractivity contribution in [1.29, 1.82) is 0 Å². The van der Waals surface area contributed by atoms with Gasteiger partial charge in [0, 0.05) is 11.1 Å². The van der Waals surface area contributed by atoms with Crippen LogP contribution in [-0.2, 0) is 16.4 Å². The van der Waals surface area contributed by atoms with Gasteiger partial charge in [0.1, 0.15) is 0 Å². The third-order valence-corrected chi connectivity index (χ3v) is 6.44. The minimum Gasteiger partial charge on any atom is -0.337 e. The van der Waals surface area contributed by atoms with Gasteiger partial charge in [-0.05, 0) is 56.2 Å². The van der Waals surface area contributed by atoms with Crippen molar-refractivity contribution in [1.82, 2.24) is 5.16 Å². The first-order valence-electron chi connectivity index (χ1n) is 9.08. The lowest BCUT2D eigenvalue weighted by Crippen LogP contribution is -2.14. The Morgan fingerprint density at radius 2 is 1.78 bits per heavy atom. The van der Waals surface area contributed by atoms with Crippen molar-refractivity contribution >= 4 is 15.9 Å². The van der Waals surface area contributed by atoms with Crippen molar-refractivity contribution in [3.8, 4) is 11.1 Å². The number of nitrogens with one attached hydrogen (secondary N) is 1. The van der Waals surface area contributed by atoms with Crippen LogP contribution in [-0.4, -0.2) is 13.6 Å². The minimum absolute atomic E-state index is 0.155. The van der Waals surface area contributed by atoms with Crippen molar-refractivity contribution in [2.75, 3.05) is 4.72 Å². The molecular weight excluding hydrogens is 360 g/mol. The summed E-state index contributed by atoms with van der Waals surface area (Å²) in [7, 11) is -3.80. The van der Waals surface area contributed by atoms with E-state index in [1.54, 1.807) is 26.0 Å². The predicted molar refractivity (Wildman–Crippen MR) is 105 cm³/mol. The number of hydrogen-bond acceptors (Lipinski definition) is 4. The second kappa shape index (κ2) is 6.85. The van der Waals surface area contributed by atoms with E-state index in [9.17, 15) is 8.42 Å². The van der Waals surface area contributed by atoms with Gasteiger partial charge in [0.2, 0.25) is 5.88 Å². The summed E-state index contributed by atoms with van der Waals surface area (Å²) >= 11 is 0. The smallest absolute Gasteiger partial charge is 0.264 e. The van der Waals surface area contributed by atoms with Crippen LogP contribution in [0.25, 0.3) is 11.1 Å². The fraction of sp³-hybridized carbons (Fsp3) is 0.286. The van der Waals surface area contributed by atoms with Crippen LogP contribution in [0.5, 0.6) is 0 Å². The van der Waals surface area contributed by atoms with Gasteiger partial charge in [-0.1, -0.05) is 47.6 Å². The molecule has 1 heterocycles. The molecule has 27 heavy (non-hydrogen) atoms. The van der Waals surface area contributed by atoms with Gasteiger partial charge < -0.3 is 4.52 Å². The van der Waals surface area contributed by atoms with E-state index in [0.717, 1.165) is 17.9 Å². The predicted octanol–water partition coefficient (Wildman–Crippen LogP) is 4.71. The Balaban J connectivity index is 1.66. The highest BCUT2D eigenvalue weighted by molar-refractivity contribution is 7.92. The molecule has 0 atom stereocenters. The molecule has 1 N–H and O–H groups in total. The van der Waals surface area contributed by atoms with Gasteiger partial charge in [0.15, 0.2) is 0 Å². The summed E-state index contributed by atoms with van der Waals surface area (Å²) in [4.78, 5) is 0.216. The van der Waals surface area contributed by atoms with Crippen LogP contribution >= 0.6 is 0 Å². The van der Waals surface area contributed by atoms with Crippen molar-refractivity contribution in [3.63, 3.8) is 0 Å². The Kier molecular flexibility index (Phi) is 4.52. The highest BCUT2D eigenvalue weighted by Gasteiger charge is 2.23. The Morgan fingerprint density at radius 3 is 2.41 bits per heavy atom. The van der Waals surface area contributed by atoms with Crippen LogP contribution in [0.1, 0.15) is 29.7 Å². The molecule has 0 saturated heterocycles. The zero-order valence-corrected chi connectivity index (χ0v) is 16.2. The van der Waals surface area contributed by atoms with Crippen LogP contribution < -0.4 is 4.72 Å². The van der Waals surface area contributed by atoms with Crippen LogP contribution in [0.15, 0.2) is 57.9 Å². The van der Waals surface area contributed by atoms with E-state index in [2.05, 4.69) is 22.0 Å². The number of aryl methyl sites for hydroxylation is 1. The molecule has 3 aromatic rings. The molecule has 0 aliphatic heterocycles. The largest absolute Gasteiger partial charge is 0.337 e. The Labute approximate surface area is 159 Å². The van der Waals surface area contributed by atoms with E-state index in [4.69, 9.17) is 4.52 Å². The fourth-order valence-electron chi connectivity index (χ4n) is 3.10. The Hall–Kier alpha value is -2.60. The lowest BCUT2D eigenvalue weighted by Gasteiger charge is -2.12. The maximum absolute atomic E-state index is 13.0. The zero-order chi connectivity index (χ0) is 19.0. The topological polar surface area (TPSA) is 72.2 Å². The van der Waals surface area contributed by atoms with E-state index >= 15 is 0 Å². The van der Waals surface area contributed by atoms with E-state index < -0.39 is 10.0 Å². The highest BCUT2D eigenvalue weighted by Crippen LogP contribution is 2.34. The normalized spacial score (nSPS) is 14.3. The van der Waals surface area contributed by atoms with E-state index in [0.29, 0.717) is 16.8 Å². The molecule has 0 spiro atoms. The van der Waals surface area contributed by atoms with Gasteiger partial charge >= 0.3 is 0 Å². The summed E-state index contributed by atoms with van der Waals surface area (Å²) in [5, 5.41) is 3.81. The maximum Gasteiger partial charge on any atom is 0.264 e. The molecule has 4 rings (SSSR count). The monoisotopic (exact) mass is 382 g/mol. The summed E-state index contributed by atoms with van der Waals surface area (Å²) < 4.78 is 33.6. The quantitative estimate of drug-likeness (QED) is 0.670. The van der Waals surface area contributed by atoms with Crippen molar-refractivity contribution in [3.05, 3.63) is 65.4 Å². The third-order valence-electron chi connectivity index (χ3n) is 5.05. The molecular formula is C21H22N2O3S. The summed E-state index contributed by atoms with van der Waals surface area (Å²) in [6.45, 7) is 3.54. The third kappa shape index (κ3) is 3.76. The van der Waals surface area contributed by atoms with Gasteiger partial charge in [-0.15, -0.1) is 0 Å². The fourth-order valence-corrected chi connectivity index (χ4v) is 4.38. The standard InChI is InChI=1S/C21H22N2O3S/c1-14-15(2)22-26-21(14)23-27(24,25)20-6-4-3-5-19(20)18-11-9-17(10-12-18)13-16-7-8-16/h3-6,9-12,16,23H,7-8,13H2,1-2H3. The molecule has 6 heteroatoms. The average Bonchev–Trinajstić information content (AvgIpc) is 3.43. The summed E-state index contributed by atoms with van der Waals surface area (Å²) in [6, 6.07) is 15.2. The molecule has 5 nitrogen and oxygen atoms in total. The van der Waals surface area contributed by atoms with E-state index in [1.165, 1.54) is 18.4 Å². The first kappa shape index (κ1) is 17.8. The minimum atomic E-state index is -3.80. The van der Waals surface area contributed by atoms with Crippen molar-refractivity contribution in [2.24, 2.45) is 5.92 Å². The average molecular weight is 382 g/mol. The Morgan fingerprint density at radius 1 is 1.07 bits per heavy atom. The number of rotatable bonds is 6. The SMILES string of the molecule is Cc1noc(NS(=O)(=O)c2ccccc2-c2ccc(CC3CC3)cc2)c1C. The van der Waals surface area contributed by atoms with Crippen LogP contribution in [0.4, 0.5) is 5.88 Å². The lowest BCUT2D eigenvalue weighted by molar-refractivity contribution is 0.430.